The number of fused-ring (bicyclic) bond motifs is 1. The van der Waals surface area contributed by atoms with Gasteiger partial charge in [0.25, 0.3) is 5.91 Å². The number of aliphatic hydroxyl groups excluding tert-OH is 1. The fraction of sp³-hybridized carbons (Fsp3) is 0.0690. The molecule has 4 aromatic carbocycles. The Kier molecular flexibility index (Phi) is 5.93. The zero-order chi connectivity index (χ0) is 23.5. The van der Waals surface area contributed by atoms with Gasteiger partial charge < -0.3 is 15.4 Å². The number of benzene rings is 4. The smallest absolute Gasteiger partial charge is 0.268 e. The molecule has 0 fully saturated rings. The number of aliphatic hydroxyl groups is 1. The lowest BCUT2D eigenvalue weighted by atomic mass is 9.95. The fourth-order valence-corrected chi connectivity index (χ4v) is 4.30. The van der Waals surface area contributed by atoms with Crippen LogP contribution < -0.4 is 5.32 Å². The lowest BCUT2D eigenvalue weighted by molar-refractivity contribution is 0.0828. The van der Waals surface area contributed by atoms with Crippen molar-refractivity contribution in [2.24, 2.45) is 0 Å². The van der Waals surface area contributed by atoms with Crippen molar-refractivity contribution in [3.63, 3.8) is 0 Å². The highest BCUT2D eigenvalue weighted by atomic mass is 19.1. The molecule has 168 valence electrons. The maximum Gasteiger partial charge on any atom is 0.268 e. The molecule has 4 nitrogen and oxygen atoms in total. The molecule has 1 aromatic heterocycles. The first-order chi connectivity index (χ1) is 16.6. The Bertz CT molecular complexity index is 1420. The lowest BCUT2D eigenvalue weighted by Crippen LogP contribution is -2.33. The van der Waals surface area contributed by atoms with Crippen molar-refractivity contribution in [2.75, 3.05) is 0 Å². The number of halogens is 1. The molecule has 1 heterocycles. The Morgan fingerprint density at radius 2 is 1.38 bits per heavy atom. The summed E-state index contributed by atoms with van der Waals surface area (Å²) in [7, 11) is 0. The zero-order valence-corrected chi connectivity index (χ0v) is 18.3. The topological polar surface area (TPSA) is 65.1 Å². The van der Waals surface area contributed by atoms with Crippen LogP contribution in [-0.4, -0.2) is 16.0 Å². The highest BCUT2D eigenvalue weighted by Crippen LogP contribution is 2.34. The van der Waals surface area contributed by atoms with Gasteiger partial charge in [-0.2, -0.15) is 0 Å². The number of amides is 1. The van der Waals surface area contributed by atoms with Crippen LogP contribution in [0.4, 0.5) is 4.39 Å². The van der Waals surface area contributed by atoms with Crippen molar-refractivity contribution in [2.45, 2.75) is 12.1 Å². The van der Waals surface area contributed by atoms with Crippen LogP contribution in [0.3, 0.4) is 0 Å². The highest BCUT2D eigenvalue weighted by Gasteiger charge is 2.27. The summed E-state index contributed by atoms with van der Waals surface area (Å²) in [4.78, 5) is 16.8. The molecule has 0 aliphatic carbocycles. The second kappa shape index (κ2) is 9.33. The molecule has 0 unspecified atom stereocenters. The first-order valence-corrected chi connectivity index (χ1v) is 11.1. The summed E-state index contributed by atoms with van der Waals surface area (Å²) in [5, 5.41) is 14.9. The van der Waals surface area contributed by atoms with Gasteiger partial charge in [0, 0.05) is 16.5 Å². The third-order valence-electron chi connectivity index (χ3n) is 5.95. The molecule has 0 bridgehead atoms. The molecular weight excluding hydrogens is 427 g/mol. The van der Waals surface area contributed by atoms with E-state index in [1.807, 2.05) is 91.0 Å². The SMILES string of the molecule is O=C(N[C@@H](c1ccccc1)[C@@H](O)c1ccccc1)c1[nH]c2ccc(F)cc2c1-c1ccccc1. The van der Waals surface area contributed by atoms with E-state index in [9.17, 15) is 14.3 Å². The minimum absolute atomic E-state index is 0.313. The molecule has 3 N–H and O–H groups in total. The molecule has 0 radical (unpaired) electrons. The molecule has 0 aliphatic rings. The summed E-state index contributed by atoms with van der Waals surface area (Å²) in [5.41, 5.74) is 3.85. The number of carbonyl (C=O) groups excluding carboxylic acids is 1. The third kappa shape index (κ3) is 4.21. The highest BCUT2D eigenvalue weighted by molar-refractivity contribution is 6.09. The summed E-state index contributed by atoms with van der Waals surface area (Å²) in [5.74, 6) is -0.767. The van der Waals surface area contributed by atoms with Gasteiger partial charge in [0.05, 0.1) is 6.04 Å². The predicted octanol–water partition coefficient (Wildman–Crippen LogP) is 6.18. The molecular formula is C29H23FN2O2. The van der Waals surface area contributed by atoms with Gasteiger partial charge in [-0.05, 0) is 34.9 Å². The van der Waals surface area contributed by atoms with Crippen molar-refractivity contribution in [3.8, 4) is 11.1 Å². The Morgan fingerprint density at radius 3 is 2.03 bits per heavy atom. The first kappa shape index (κ1) is 21.6. The average Bonchev–Trinajstić information content (AvgIpc) is 3.27. The number of hydrogen-bond donors (Lipinski definition) is 3. The van der Waals surface area contributed by atoms with E-state index in [4.69, 9.17) is 0 Å². The van der Waals surface area contributed by atoms with Crippen LogP contribution >= 0.6 is 0 Å². The van der Waals surface area contributed by atoms with Crippen LogP contribution in [-0.2, 0) is 0 Å². The minimum Gasteiger partial charge on any atom is -0.386 e. The number of rotatable bonds is 6. The molecule has 5 rings (SSSR count). The Balaban J connectivity index is 1.59. The lowest BCUT2D eigenvalue weighted by Gasteiger charge is -2.25. The quantitative estimate of drug-likeness (QED) is 0.289. The summed E-state index contributed by atoms with van der Waals surface area (Å²) < 4.78 is 14.1. The van der Waals surface area contributed by atoms with Crippen LogP contribution in [0.1, 0.15) is 33.8 Å². The van der Waals surface area contributed by atoms with E-state index in [1.165, 1.54) is 12.1 Å². The van der Waals surface area contributed by atoms with Gasteiger partial charge in [-0.1, -0.05) is 91.0 Å². The van der Waals surface area contributed by atoms with Gasteiger partial charge in [-0.3, -0.25) is 4.79 Å². The zero-order valence-electron chi connectivity index (χ0n) is 18.3. The molecule has 34 heavy (non-hydrogen) atoms. The van der Waals surface area contributed by atoms with Crippen molar-refractivity contribution in [1.29, 1.82) is 0 Å². The molecule has 1 amide bonds. The summed E-state index contributed by atoms with van der Waals surface area (Å²) in [6.07, 6.45) is -0.963. The molecule has 5 aromatic rings. The van der Waals surface area contributed by atoms with E-state index in [-0.39, 0.29) is 11.7 Å². The molecule has 5 heteroatoms. The van der Waals surface area contributed by atoms with Crippen molar-refractivity contribution >= 4 is 16.8 Å². The number of H-pyrrole nitrogens is 1. The molecule has 0 saturated carbocycles. The van der Waals surface area contributed by atoms with E-state index in [0.717, 1.165) is 11.1 Å². The van der Waals surface area contributed by atoms with Crippen LogP contribution in [0.25, 0.3) is 22.0 Å². The molecule has 0 aliphatic heterocycles. The minimum atomic E-state index is -0.963. The monoisotopic (exact) mass is 450 g/mol. The van der Waals surface area contributed by atoms with Crippen LogP contribution in [0.2, 0.25) is 0 Å². The van der Waals surface area contributed by atoms with Gasteiger partial charge in [-0.15, -0.1) is 0 Å². The van der Waals surface area contributed by atoms with Crippen molar-refractivity contribution < 1.29 is 14.3 Å². The van der Waals surface area contributed by atoms with Gasteiger partial charge in [-0.25, -0.2) is 4.39 Å². The van der Waals surface area contributed by atoms with Crippen LogP contribution in [0, 0.1) is 5.82 Å². The predicted molar refractivity (Wildman–Crippen MR) is 132 cm³/mol. The number of carbonyl (C=O) groups is 1. The Labute approximate surface area is 196 Å². The first-order valence-electron chi connectivity index (χ1n) is 11.1. The second-order valence-corrected chi connectivity index (χ2v) is 8.15. The summed E-state index contributed by atoms with van der Waals surface area (Å²) >= 11 is 0. The third-order valence-corrected chi connectivity index (χ3v) is 5.95. The summed E-state index contributed by atoms with van der Waals surface area (Å²) in [6.45, 7) is 0. The summed E-state index contributed by atoms with van der Waals surface area (Å²) in [6, 6.07) is 31.7. The van der Waals surface area contributed by atoms with Gasteiger partial charge in [0.2, 0.25) is 0 Å². The van der Waals surface area contributed by atoms with E-state index < -0.39 is 12.1 Å². The van der Waals surface area contributed by atoms with Crippen molar-refractivity contribution in [1.82, 2.24) is 10.3 Å². The van der Waals surface area contributed by atoms with Gasteiger partial charge in [0.15, 0.2) is 0 Å². The molecule has 2 atom stereocenters. The van der Waals surface area contributed by atoms with Crippen LogP contribution in [0.15, 0.2) is 109 Å². The average molecular weight is 451 g/mol. The standard InChI is InChI=1S/C29H23FN2O2/c30-22-16-17-24-23(18-22)25(19-10-4-1-5-11-19)27(31-24)29(34)32-26(20-12-6-2-7-13-20)28(33)21-14-8-3-9-15-21/h1-18,26,28,31,33H,(H,32,34)/t26-,28-/m0/s1. The fourth-order valence-electron chi connectivity index (χ4n) is 4.30. The second-order valence-electron chi connectivity index (χ2n) is 8.15. The number of hydrogen-bond acceptors (Lipinski definition) is 2. The maximum absolute atomic E-state index is 14.1. The van der Waals surface area contributed by atoms with E-state index in [2.05, 4.69) is 10.3 Å². The normalized spacial score (nSPS) is 12.9. The van der Waals surface area contributed by atoms with Gasteiger partial charge in [0.1, 0.15) is 17.6 Å². The Hall–Kier alpha value is -4.22. The largest absolute Gasteiger partial charge is 0.386 e. The Morgan fingerprint density at radius 1 is 0.794 bits per heavy atom. The van der Waals surface area contributed by atoms with Crippen molar-refractivity contribution in [3.05, 3.63) is 132 Å². The van der Waals surface area contributed by atoms with E-state index in [1.54, 1.807) is 6.07 Å². The maximum atomic E-state index is 14.1. The molecule has 0 spiro atoms. The van der Waals surface area contributed by atoms with Crippen LogP contribution in [0.5, 0.6) is 0 Å². The van der Waals surface area contributed by atoms with E-state index in [0.29, 0.717) is 27.7 Å². The number of aromatic nitrogens is 1. The number of aromatic amines is 1. The van der Waals surface area contributed by atoms with Gasteiger partial charge >= 0.3 is 0 Å². The van der Waals surface area contributed by atoms with E-state index >= 15 is 0 Å². The number of nitrogens with one attached hydrogen (secondary N) is 2. The molecule has 0 saturated heterocycles.